The lowest BCUT2D eigenvalue weighted by Crippen LogP contribution is -2.33. The highest BCUT2D eigenvalue weighted by atomic mass is 16.5. The molecule has 1 aromatic carbocycles. The number of H-pyrrole nitrogens is 1. The number of benzene rings is 1. The Balaban J connectivity index is 1.19. The van der Waals surface area contributed by atoms with Gasteiger partial charge in [0.25, 0.3) is 5.91 Å². The number of carbonyl (C=O) groups is 1. The average Bonchev–Trinajstić information content (AvgIpc) is 3.11. The minimum Gasteiger partial charge on any atom is -0.490 e. The van der Waals surface area contributed by atoms with Gasteiger partial charge in [0, 0.05) is 54.7 Å². The first-order chi connectivity index (χ1) is 17.7. The van der Waals surface area contributed by atoms with Gasteiger partial charge in [0.15, 0.2) is 0 Å². The molecule has 1 saturated heterocycles. The van der Waals surface area contributed by atoms with E-state index in [2.05, 4.69) is 25.3 Å². The Bertz CT molecular complexity index is 1370. The SMILES string of the molecule is O=C(c1cc2cc(Nc3nccc(-c4cc(OC5CCC5)ccn4)n3)ccc2[nH]1)N1CCCOCC1. The fourth-order valence-corrected chi connectivity index (χ4v) is 4.44. The van der Waals surface area contributed by atoms with Gasteiger partial charge in [-0.15, -0.1) is 0 Å². The molecule has 6 rings (SSSR count). The zero-order valence-electron chi connectivity index (χ0n) is 19.9. The minimum absolute atomic E-state index is 0.00161. The quantitative estimate of drug-likeness (QED) is 0.413. The highest BCUT2D eigenvalue weighted by Gasteiger charge is 2.20. The maximum atomic E-state index is 13.0. The van der Waals surface area contributed by atoms with E-state index in [0.29, 0.717) is 49.7 Å². The number of ether oxygens (including phenoxy) is 2. The van der Waals surface area contributed by atoms with E-state index in [1.165, 1.54) is 6.42 Å². The smallest absolute Gasteiger partial charge is 0.270 e. The monoisotopic (exact) mass is 484 g/mol. The molecule has 1 saturated carbocycles. The van der Waals surface area contributed by atoms with Crippen molar-refractivity contribution < 1.29 is 14.3 Å². The van der Waals surface area contributed by atoms with Gasteiger partial charge < -0.3 is 24.7 Å². The lowest BCUT2D eigenvalue weighted by atomic mass is 9.96. The van der Waals surface area contributed by atoms with Crippen molar-refractivity contribution in [3.63, 3.8) is 0 Å². The molecule has 9 heteroatoms. The maximum Gasteiger partial charge on any atom is 0.270 e. The van der Waals surface area contributed by atoms with Crippen molar-refractivity contribution in [1.29, 1.82) is 0 Å². The second kappa shape index (κ2) is 9.94. The van der Waals surface area contributed by atoms with Crippen LogP contribution in [0.15, 0.2) is 54.9 Å². The van der Waals surface area contributed by atoms with Crippen molar-refractivity contribution in [3.8, 4) is 17.1 Å². The van der Waals surface area contributed by atoms with Gasteiger partial charge in [-0.2, -0.15) is 0 Å². The molecule has 3 aromatic heterocycles. The molecule has 0 atom stereocenters. The first-order valence-corrected chi connectivity index (χ1v) is 12.4. The van der Waals surface area contributed by atoms with E-state index in [1.807, 2.05) is 47.4 Å². The Kier molecular flexibility index (Phi) is 6.21. The first kappa shape index (κ1) is 22.5. The van der Waals surface area contributed by atoms with Crippen molar-refractivity contribution in [2.24, 2.45) is 0 Å². The van der Waals surface area contributed by atoms with Crippen LogP contribution in [-0.2, 0) is 4.74 Å². The summed E-state index contributed by atoms with van der Waals surface area (Å²) in [6.07, 6.45) is 8.05. The summed E-state index contributed by atoms with van der Waals surface area (Å²) in [6, 6.07) is 13.4. The second-order valence-electron chi connectivity index (χ2n) is 9.18. The van der Waals surface area contributed by atoms with Gasteiger partial charge in [-0.05, 0) is 62.1 Å². The van der Waals surface area contributed by atoms with Crippen molar-refractivity contribution in [2.45, 2.75) is 31.8 Å². The number of aromatic nitrogens is 4. The number of carbonyl (C=O) groups excluding carboxylic acids is 1. The minimum atomic E-state index is -0.00161. The Labute approximate surface area is 208 Å². The van der Waals surface area contributed by atoms with Gasteiger partial charge in [0.05, 0.1) is 24.1 Å². The van der Waals surface area contributed by atoms with Gasteiger partial charge in [-0.25, -0.2) is 9.97 Å². The molecule has 1 aliphatic heterocycles. The average molecular weight is 485 g/mol. The molecule has 0 unspecified atom stereocenters. The molecule has 184 valence electrons. The number of aromatic amines is 1. The number of nitrogens with one attached hydrogen (secondary N) is 2. The molecule has 1 aliphatic carbocycles. The summed E-state index contributed by atoms with van der Waals surface area (Å²) in [5, 5.41) is 4.21. The fraction of sp³-hybridized carbons (Fsp3) is 0.333. The molecule has 2 fully saturated rings. The highest BCUT2D eigenvalue weighted by molar-refractivity contribution is 5.98. The van der Waals surface area contributed by atoms with Crippen LogP contribution in [0.1, 0.15) is 36.2 Å². The molecule has 0 radical (unpaired) electrons. The number of anilines is 2. The zero-order chi connectivity index (χ0) is 24.3. The molecule has 2 aliphatic rings. The highest BCUT2D eigenvalue weighted by Crippen LogP contribution is 2.28. The summed E-state index contributed by atoms with van der Waals surface area (Å²) in [5.74, 6) is 1.28. The predicted octanol–water partition coefficient (Wildman–Crippen LogP) is 4.56. The van der Waals surface area contributed by atoms with Crippen LogP contribution in [0.5, 0.6) is 5.75 Å². The van der Waals surface area contributed by atoms with Crippen LogP contribution in [0.3, 0.4) is 0 Å². The summed E-state index contributed by atoms with van der Waals surface area (Å²) in [6.45, 7) is 2.59. The van der Waals surface area contributed by atoms with Gasteiger partial charge in [-0.1, -0.05) is 0 Å². The van der Waals surface area contributed by atoms with Gasteiger partial charge in [0.2, 0.25) is 5.95 Å². The van der Waals surface area contributed by atoms with Gasteiger partial charge >= 0.3 is 0 Å². The van der Waals surface area contributed by atoms with Gasteiger partial charge in [-0.3, -0.25) is 9.78 Å². The van der Waals surface area contributed by atoms with E-state index in [-0.39, 0.29) is 5.91 Å². The van der Waals surface area contributed by atoms with Crippen LogP contribution in [-0.4, -0.2) is 63.2 Å². The third-order valence-electron chi connectivity index (χ3n) is 6.62. The normalized spacial score (nSPS) is 16.4. The van der Waals surface area contributed by atoms with Crippen molar-refractivity contribution in [1.82, 2.24) is 24.8 Å². The Morgan fingerprint density at radius 3 is 2.81 bits per heavy atom. The van der Waals surface area contributed by atoms with E-state index in [4.69, 9.17) is 9.47 Å². The zero-order valence-corrected chi connectivity index (χ0v) is 19.9. The lowest BCUT2D eigenvalue weighted by molar-refractivity contribution is 0.0736. The maximum absolute atomic E-state index is 13.0. The van der Waals surface area contributed by atoms with Crippen LogP contribution < -0.4 is 10.1 Å². The van der Waals surface area contributed by atoms with Crippen molar-refractivity contribution in [2.75, 3.05) is 31.6 Å². The topological polar surface area (TPSA) is 105 Å². The number of fused-ring (bicyclic) bond motifs is 1. The molecular formula is C27H28N6O3. The number of hydrogen-bond donors (Lipinski definition) is 2. The van der Waals surface area contributed by atoms with Crippen LogP contribution in [0, 0.1) is 0 Å². The summed E-state index contributed by atoms with van der Waals surface area (Å²) in [7, 11) is 0. The third-order valence-corrected chi connectivity index (χ3v) is 6.62. The molecule has 4 aromatic rings. The van der Waals surface area contributed by atoms with E-state index in [9.17, 15) is 4.79 Å². The summed E-state index contributed by atoms with van der Waals surface area (Å²) < 4.78 is 11.5. The molecular weight excluding hydrogens is 456 g/mol. The standard InChI is InChI=1S/C27H28N6O3/c34-26(33-11-2-13-35-14-12-33)25-16-18-15-19(5-6-22(18)31-25)30-27-29-10-8-23(32-27)24-17-21(7-9-28-24)36-20-3-1-4-20/h5-10,15-17,20,31H,1-4,11-14H2,(H,29,30,32). The van der Waals surface area contributed by atoms with Crippen LogP contribution in [0.4, 0.5) is 11.6 Å². The largest absolute Gasteiger partial charge is 0.490 e. The predicted molar refractivity (Wildman–Crippen MR) is 136 cm³/mol. The molecule has 1 amide bonds. The van der Waals surface area contributed by atoms with Crippen LogP contribution >= 0.6 is 0 Å². The number of hydrogen-bond acceptors (Lipinski definition) is 7. The Morgan fingerprint density at radius 1 is 1.00 bits per heavy atom. The van der Waals surface area contributed by atoms with E-state index >= 15 is 0 Å². The first-order valence-electron chi connectivity index (χ1n) is 12.4. The summed E-state index contributed by atoms with van der Waals surface area (Å²) >= 11 is 0. The summed E-state index contributed by atoms with van der Waals surface area (Å²) in [5.41, 5.74) is 3.76. The molecule has 0 bridgehead atoms. The molecule has 2 N–H and O–H groups in total. The molecule has 4 heterocycles. The fourth-order valence-electron chi connectivity index (χ4n) is 4.44. The number of amides is 1. The van der Waals surface area contributed by atoms with Crippen molar-refractivity contribution >= 4 is 28.4 Å². The molecule has 0 spiro atoms. The second-order valence-corrected chi connectivity index (χ2v) is 9.18. The Hall–Kier alpha value is -3.98. The lowest BCUT2D eigenvalue weighted by Gasteiger charge is -2.26. The van der Waals surface area contributed by atoms with Gasteiger partial charge in [0.1, 0.15) is 11.4 Å². The van der Waals surface area contributed by atoms with Crippen molar-refractivity contribution in [3.05, 3.63) is 60.6 Å². The molecule has 36 heavy (non-hydrogen) atoms. The molecule has 9 nitrogen and oxygen atoms in total. The van der Waals surface area contributed by atoms with Crippen LogP contribution in [0.2, 0.25) is 0 Å². The number of rotatable bonds is 6. The number of nitrogens with zero attached hydrogens (tertiary/aromatic N) is 4. The van der Waals surface area contributed by atoms with Crippen LogP contribution in [0.25, 0.3) is 22.3 Å². The van der Waals surface area contributed by atoms with E-state index in [0.717, 1.165) is 47.3 Å². The number of pyridine rings is 1. The van der Waals surface area contributed by atoms with E-state index in [1.54, 1.807) is 12.4 Å². The summed E-state index contributed by atoms with van der Waals surface area (Å²) in [4.78, 5) is 31.6. The third kappa shape index (κ3) is 4.87. The van der Waals surface area contributed by atoms with E-state index < -0.39 is 0 Å². The Morgan fingerprint density at radius 2 is 1.92 bits per heavy atom.